The Morgan fingerprint density at radius 2 is 1.74 bits per heavy atom. The Hall–Kier alpha value is -2.20. The molecule has 0 fully saturated rings. The molecule has 0 radical (unpaired) electrons. The Balaban J connectivity index is 2.85. The van der Waals surface area contributed by atoms with Gasteiger partial charge in [-0.2, -0.15) is 0 Å². The summed E-state index contributed by atoms with van der Waals surface area (Å²) in [5.74, 6) is 0.894. The van der Waals surface area contributed by atoms with Crippen LogP contribution in [0.5, 0.6) is 0 Å². The number of hydrogen-bond acceptors (Lipinski definition) is 1. The van der Waals surface area contributed by atoms with Crippen molar-refractivity contribution in [2.24, 2.45) is 4.99 Å². The van der Waals surface area contributed by atoms with Crippen molar-refractivity contribution in [3.8, 4) is 0 Å². The predicted molar refractivity (Wildman–Crippen MR) is 105 cm³/mol. The summed E-state index contributed by atoms with van der Waals surface area (Å²) < 4.78 is 0. The number of nitrogens with zero attached hydrogens (tertiary/aromatic N) is 2. The molecule has 0 aromatic heterocycles. The number of thiocarbonyl (C=S) groups is 1. The molecular weight excluding hydrogens is 302 g/mol. The second-order valence-electron chi connectivity index (χ2n) is 4.69. The van der Waals surface area contributed by atoms with Crippen molar-refractivity contribution in [3.05, 3.63) is 72.5 Å². The first-order valence-electron chi connectivity index (χ1n) is 7.86. The van der Waals surface area contributed by atoms with Crippen LogP contribution in [0.3, 0.4) is 0 Å². The molecular formula is C19H25N3S. The van der Waals surface area contributed by atoms with E-state index in [9.17, 15) is 0 Å². The monoisotopic (exact) mass is 327 g/mol. The van der Waals surface area contributed by atoms with Crippen LogP contribution in [0.1, 0.15) is 26.3 Å². The molecule has 0 heterocycles. The Morgan fingerprint density at radius 1 is 1.09 bits per heavy atom. The maximum Gasteiger partial charge on any atom is 0.198 e. The van der Waals surface area contributed by atoms with Crippen LogP contribution in [0.25, 0.3) is 0 Å². The van der Waals surface area contributed by atoms with Gasteiger partial charge in [-0.1, -0.05) is 54.6 Å². The van der Waals surface area contributed by atoms with E-state index in [-0.39, 0.29) is 0 Å². The topological polar surface area (TPSA) is 27.6 Å². The standard InChI is InChI=1S/C19H25N3S/c1-4-7-8-9-13-16-20-19(23)21-18(22(5-2)6-3)17-14-11-10-12-15-17/h4,7-16H,5-6H2,1-3H3,(H,20,23)/b7-4-,9-8+,16-13+,21-18+. The molecule has 0 spiro atoms. The molecule has 1 N–H and O–H groups in total. The molecule has 0 bridgehead atoms. The van der Waals surface area contributed by atoms with Crippen LogP contribution in [0.15, 0.2) is 71.9 Å². The van der Waals surface area contributed by atoms with Gasteiger partial charge in [0.25, 0.3) is 0 Å². The van der Waals surface area contributed by atoms with Gasteiger partial charge in [-0.15, -0.1) is 0 Å². The Bertz CT molecular complexity index is 582. The van der Waals surface area contributed by atoms with Crippen molar-refractivity contribution in [1.29, 1.82) is 0 Å². The Morgan fingerprint density at radius 3 is 2.35 bits per heavy atom. The van der Waals surface area contributed by atoms with E-state index in [1.54, 1.807) is 6.20 Å². The zero-order valence-electron chi connectivity index (χ0n) is 14.1. The molecule has 0 amide bonds. The van der Waals surface area contributed by atoms with Crippen LogP contribution >= 0.6 is 12.2 Å². The summed E-state index contributed by atoms with van der Waals surface area (Å²) in [6.45, 7) is 7.98. The average Bonchev–Trinajstić information content (AvgIpc) is 2.59. The molecule has 1 rings (SSSR count). The lowest BCUT2D eigenvalue weighted by Gasteiger charge is -2.23. The molecule has 0 atom stereocenters. The van der Waals surface area contributed by atoms with Crippen LogP contribution in [0.2, 0.25) is 0 Å². The van der Waals surface area contributed by atoms with Crippen LogP contribution in [0, 0.1) is 0 Å². The molecule has 0 aliphatic carbocycles. The lowest BCUT2D eigenvalue weighted by molar-refractivity contribution is 0.467. The molecule has 23 heavy (non-hydrogen) atoms. The van der Waals surface area contributed by atoms with Crippen molar-refractivity contribution in [2.45, 2.75) is 20.8 Å². The summed E-state index contributed by atoms with van der Waals surface area (Å²) in [4.78, 5) is 6.79. The fraction of sp³-hybridized carbons (Fsp3) is 0.263. The normalized spacial score (nSPS) is 12.4. The van der Waals surface area contributed by atoms with E-state index in [2.05, 4.69) is 41.2 Å². The minimum atomic E-state index is 0.450. The fourth-order valence-electron chi connectivity index (χ4n) is 1.97. The SMILES string of the molecule is C\C=C/C=C/C=C/NC(=S)/N=C(\c1ccccc1)N(CC)CC. The summed E-state index contributed by atoms with van der Waals surface area (Å²) in [6, 6.07) is 10.1. The van der Waals surface area contributed by atoms with Gasteiger partial charge in [0.15, 0.2) is 5.11 Å². The predicted octanol–water partition coefficient (Wildman–Crippen LogP) is 4.30. The number of benzene rings is 1. The highest BCUT2D eigenvalue weighted by Gasteiger charge is 2.10. The number of amidine groups is 1. The Kier molecular flexibility index (Phi) is 9.32. The third kappa shape index (κ3) is 7.06. The summed E-state index contributed by atoms with van der Waals surface area (Å²) in [6.07, 6.45) is 11.5. The van der Waals surface area contributed by atoms with Gasteiger partial charge in [0.1, 0.15) is 5.84 Å². The minimum Gasteiger partial charge on any atom is -0.357 e. The van der Waals surface area contributed by atoms with Crippen molar-refractivity contribution < 1.29 is 0 Å². The van der Waals surface area contributed by atoms with Gasteiger partial charge in [-0.3, -0.25) is 0 Å². The van der Waals surface area contributed by atoms with E-state index in [0.29, 0.717) is 5.11 Å². The second kappa shape index (κ2) is 11.4. The summed E-state index contributed by atoms with van der Waals surface area (Å²) in [7, 11) is 0. The van der Waals surface area contributed by atoms with Crippen LogP contribution < -0.4 is 5.32 Å². The van der Waals surface area contributed by atoms with E-state index in [1.807, 2.05) is 55.5 Å². The van der Waals surface area contributed by atoms with Crippen molar-refractivity contribution >= 4 is 23.2 Å². The van der Waals surface area contributed by atoms with Crippen LogP contribution in [0.4, 0.5) is 0 Å². The first-order valence-corrected chi connectivity index (χ1v) is 8.27. The molecule has 1 aromatic carbocycles. The van der Waals surface area contributed by atoms with Crippen molar-refractivity contribution in [3.63, 3.8) is 0 Å². The molecule has 122 valence electrons. The van der Waals surface area contributed by atoms with Gasteiger partial charge in [0.05, 0.1) is 0 Å². The third-order valence-electron chi connectivity index (χ3n) is 3.13. The van der Waals surface area contributed by atoms with Gasteiger partial charge in [-0.05, 0) is 39.1 Å². The lowest BCUT2D eigenvalue weighted by atomic mass is 10.2. The number of rotatable bonds is 6. The first kappa shape index (κ1) is 18.8. The van der Waals surface area contributed by atoms with Gasteiger partial charge in [0, 0.05) is 24.9 Å². The molecule has 4 heteroatoms. The minimum absolute atomic E-state index is 0.450. The zero-order chi connectivity index (χ0) is 16.9. The van der Waals surface area contributed by atoms with Crippen LogP contribution in [-0.4, -0.2) is 28.9 Å². The Labute approximate surface area is 145 Å². The molecule has 0 aliphatic rings. The number of allylic oxidation sites excluding steroid dienone is 5. The van der Waals surface area contributed by atoms with Gasteiger partial charge in [-0.25, -0.2) is 4.99 Å². The summed E-state index contributed by atoms with van der Waals surface area (Å²) >= 11 is 5.33. The third-order valence-corrected chi connectivity index (χ3v) is 3.34. The molecule has 3 nitrogen and oxygen atoms in total. The lowest BCUT2D eigenvalue weighted by Crippen LogP contribution is -2.33. The quantitative estimate of drug-likeness (QED) is 0.365. The molecule has 0 aliphatic heterocycles. The fourth-order valence-corrected chi connectivity index (χ4v) is 2.13. The highest BCUT2D eigenvalue weighted by atomic mass is 32.1. The van der Waals surface area contributed by atoms with Crippen LogP contribution in [-0.2, 0) is 0 Å². The van der Waals surface area contributed by atoms with E-state index in [0.717, 1.165) is 24.5 Å². The number of aliphatic imine (C=N–C) groups is 1. The van der Waals surface area contributed by atoms with Crippen molar-refractivity contribution in [2.75, 3.05) is 13.1 Å². The first-order chi connectivity index (χ1) is 11.2. The van der Waals surface area contributed by atoms with Crippen molar-refractivity contribution in [1.82, 2.24) is 10.2 Å². The van der Waals surface area contributed by atoms with E-state index in [4.69, 9.17) is 12.2 Å². The maximum atomic E-state index is 5.33. The van der Waals surface area contributed by atoms with E-state index in [1.165, 1.54) is 0 Å². The average molecular weight is 327 g/mol. The summed E-state index contributed by atoms with van der Waals surface area (Å²) in [5, 5.41) is 3.47. The number of hydrogen-bond donors (Lipinski definition) is 1. The highest BCUT2D eigenvalue weighted by Crippen LogP contribution is 2.06. The molecule has 1 aromatic rings. The second-order valence-corrected chi connectivity index (χ2v) is 5.08. The maximum absolute atomic E-state index is 5.33. The van der Waals surface area contributed by atoms with Gasteiger partial charge < -0.3 is 10.2 Å². The van der Waals surface area contributed by atoms with Gasteiger partial charge >= 0.3 is 0 Å². The highest BCUT2D eigenvalue weighted by molar-refractivity contribution is 7.80. The smallest absolute Gasteiger partial charge is 0.198 e. The summed E-state index contributed by atoms with van der Waals surface area (Å²) in [5.41, 5.74) is 1.07. The molecule has 0 saturated heterocycles. The zero-order valence-corrected chi connectivity index (χ0v) is 14.9. The van der Waals surface area contributed by atoms with Gasteiger partial charge in [0.2, 0.25) is 0 Å². The molecule has 0 saturated carbocycles. The van der Waals surface area contributed by atoms with E-state index < -0.39 is 0 Å². The number of nitrogens with one attached hydrogen (secondary N) is 1. The largest absolute Gasteiger partial charge is 0.357 e. The van der Waals surface area contributed by atoms with E-state index >= 15 is 0 Å². The molecule has 0 unspecified atom stereocenters.